The van der Waals surface area contributed by atoms with Crippen LogP contribution >= 0.6 is 12.6 Å². The maximum Gasteiger partial charge on any atom is 0.234 e. The van der Waals surface area contributed by atoms with Crippen molar-refractivity contribution in [2.24, 2.45) is 0 Å². The van der Waals surface area contributed by atoms with Crippen molar-refractivity contribution in [3.05, 3.63) is 54.6 Å². The molecule has 2 rings (SSSR count). The van der Waals surface area contributed by atoms with Gasteiger partial charge >= 0.3 is 0 Å². The van der Waals surface area contributed by atoms with E-state index in [0.717, 1.165) is 11.3 Å². The van der Waals surface area contributed by atoms with Crippen LogP contribution in [-0.4, -0.2) is 11.7 Å². The summed E-state index contributed by atoms with van der Waals surface area (Å²) in [6, 6.07) is 17.9. The van der Waals surface area contributed by atoms with Crippen LogP contribution < -0.4 is 5.32 Å². The first-order valence-electron chi connectivity index (χ1n) is 5.36. The van der Waals surface area contributed by atoms with Crippen molar-refractivity contribution < 1.29 is 4.79 Å². The highest BCUT2D eigenvalue weighted by molar-refractivity contribution is 7.81. The average Bonchev–Trinajstić information content (AvgIpc) is 2.40. The Morgan fingerprint density at radius 3 is 2.12 bits per heavy atom. The fourth-order valence-corrected chi connectivity index (χ4v) is 1.66. The van der Waals surface area contributed by atoms with Crippen LogP contribution in [0, 0.1) is 0 Å². The van der Waals surface area contributed by atoms with Crippen LogP contribution in [0.3, 0.4) is 0 Å². The lowest BCUT2D eigenvalue weighted by atomic mass is 10.1. The topological polar surface area (TPSA) is 29.1 Å². The van der Waals surface area contributed by atoms with Crippen molar-refractivity contribution in [3.8, 4) is 11.1 Å². The van der Waals surface area contributed by atoms with E-state index in [4.69, 9.17) is 0 Å². The van der Waals surface area contributed by atoms with Gasteiger partial charge in [0.15, 0.2) is 0 Å². The zero-order valence-corrected chi connectivity index (χ0v) is 10.2. The normalized spacial score (nSPS) is 9.94. The fourth-order valence-electron chi connectivity index (χ4n) is 1.58. The molecule has 0 unspecified atom stereocenters. The van der Waals surface area contributed by atoms with Crippen molar-refractivity contribution in [2.75, 3.05) is 11.1 Å². The molecule has 0 saturated carbocycles. The highest BCUT2D eigenvalue weighted by atomic mass is 32.1. The monoisotopic (exact) mass is 243 g/mol. The Balaban J connectivity index is 2.16. The average molecular weight is 243 g/mol. The molecule has 0 spiro atoms. The van der Waals surface area contributed by atoms with Gasteiger partial charge in [0.1, 0.15) is 0 Å². The summed E-state index contributed by atoms with van der Waals surface area (Å²) in [6.07, 6.45) is 0. The maximum atomic E-state index is 11.1. The van der Waals surface area contributed by atoms with Crippen LogP contribution in [0.5, 0.6) is 0 Å². The van der Waals surface area contributed by atoms with Gasteiger partial charge in [0.2, 0.25) is 5.91 Å². The lowest BCUT2D eigenvalue weighted by Gasteiger charge is -2.05. The number of rotatable bonds is 3. The number of thiol groups is 1. The zero-order chi connectivity index (χ0) is 12.1. The summed E-state index contributed by atoms with van der Waals surface area (Å²) >= 11 is 3.91. The van der Waals surface area contributed by atoms with Crippen LogP contribution in [0.2, 0.25) is 0 Å². The first-order chi connectivity index (χ1) is 8.29. The van der Waals surface area contributed by atoms with Gasteiger partial charge in [0, 0.05) is 5.69 Å². The minimum atomic E-state index is -0.0965. The molecular formula is C14H13NOS. The van der Waals surface area contributed by atoms with Crippen molar-refractivity contribution in [1.29, 1.82) is 0 Å². The molecule has 86 valence electrons. The van der Waals surface area contributed by atoms with Gasteiger partial charge in [-0.2, -0.15) is 12.6 Å². The molecule has 0 aliphatic heterocycles. The van der Waals surface area contributed by atoms with Gasteiger partial charge in [-0.3, -0.25) is 4.79 Å². The molecule has 1 N–H and O–H groups in total. The second kappa shape index (κ2) is 5.55. The molecule has 3 heteroatoms. The predicted molar refractivity (Wildman–Crippen MR) is 74.4 cm³/mol. The number of anilines is 1. The van der Waals surface area contributed by atoms with E-state index in [0.29, 0.717) is 0 Å². The van der Waals surface area contributed by atoms with Crippen LogP contribution in [-0.2, 0) is 4.79 Å². The molecule has 0 heterocycles. The molecule has 0 aliphatic rings. The lowest BCUT2D eigenvalue weighted by molar-refractivity contribution is -0.113. The van der Waals surface area contributed by atoms with Crippen LogP contribution in [0.1, 0.15) is 0 Å². The largest absolute Gasteiger partial charge is 0.325 e. The third kappa shape index (κ3) is 3.11. The molecule has 2 aromatic carbocycles. The smallest absolute Gasteiger partial charge is 0.234 e. The molecule has 1 amide bonds. The first-order valence-corrected chi connectivity index (χ1v) is 5.99. The Morgan fingerprint density at radius 1 is 0.941 bits per heavy atom. The molecule has 2 aromatic rings. The summed E-state index contributed by atoms with van der Waals surface area (Å²) < 4.78 is 0. The van der Waals surface area contributed by atoms with Gasteiger partial charge in [0.25, 0.3) is 0 Å². The molecule has 0 radical (unpaired) electrons. The van der Waals surface area contributed by atoms with E-state index in [-0.39, 0.29) is 11.7 Å². The Morgan fingerprint density at radius 2 is 1.53 bits per heavy atom. The van der Waals surface area contributed by atoms with Crippen LogP contribution in [0.4, 0.5) is 5.69 Å². The van der Waals surface area contributed by atoms with E-state index in [1.165, 1.54) is 5.56 Å². The van der Waals surface area contributed by atoms with Gasteiger partial charge < -0.3 is 5.32 Å². The second-order valence-electron chi connectivity index (χ2n) is 3.65. The van der Waals surface area contributed by atoms with Crippen molar-refractivity contribution in [1.82, 2.24) is 0 Å². The quantitative estimate of drug-likeness (QED) is 0.796. The summed E-state index contributed by atoms with van der Waals surface area (Å²) in [5.74, 6) is 0.0984. The summed E-state index contributed by atoms with van der Waals surface area (Å²) in [5, 5.41) is 2.75. The number of hydrogen-bond donors (Lipinski definition) is 2. The minimum Gasteiger partial charge on any atom is -0.325 e. The molecule has 0 aromatic heterocycles. The Labute approximate surface area is 106 Å². The third-order valence-electron chi connectivity index (χ3n) is 2.42. The molecule has 0 aliphatic carbocycles. The summed E-state index contributed by atoms with van der Waals surface area (Å²) in [5.41, 5.74) is 3.10. The van der Waals surface area contributed by atoms with E-state index in [9.17, 15) is 4.79 Å². The minimum absolute atomic E-state index is 0.0965. The summed E-state index contributed by atoms with van der Waals surface area (Å²) in [7, 11) is 0. The Bertz CT molecular complexity index is 493. The molecular weight excluding hydrogens is 230 g/mol. The maximum absolute atomic E-state index is 11.1. The van der Waals surface area contributed by atoms with Crippen LogP contribution in [0.25, 0.3) is 11.1 Å². The highest BCUT2D eigenvalue weighted by Crippen LogP contribution is 2.20. The summed E-state index contributed by atoms with van der Waals surface area (Å²) in [6.45, 7) is 0. The third-order valence-corrected chi connectivity index (χ3v) is 2.71. The SMILES string of the molecule is O=C(CS)Nc1ccc(-c2ccccc2)cc1. The molecule has 0 bridgehead atoms. The first kappa shape index (κ1) is 11.7. The van der Waals surface area contributed by atoms with Crippen molar-refractivity contribution in [2.45, 2.75) is 0 Å². The highest BCUT2D eigenvalue weighted by Gasteiger charge is 2.00. The van der Waals surface area contributed by atoms with E-state index in [2.05, 4.69) is 30.1 Å². The number of nitrogens with one attached hydrogen (secondary N) is 1. The number of hydrogen-bond acceptors (Lipinski definition) is 2. The van der Waals surface area contributed by atoms with Gasteiger partial charge in [-0.15, -0.1) is 0 Å². The molecule has 0 saturated heterocycles. The van der Waals surface area contributed by atoms with Gasteiger partial charge in [0.05, 0.1) is 5.75 Å². The molecule has 0 atom stereocenters. The van der Waals surface area contributed by atoms with Gasteiger partial charge in [-0.25, -0.2) is 0 Å². The Hall–Kier alpha value is -1.74. The van der Waals surface area contributed by atoms with Crippen LogP contribution in [0.15, 0.2) is 54.6 Å². The lowest BCUT2D eigenvalue weighted by Crippen LogP contribution is -2.12. The van der Waals surface area contributed by atoms with E-state index in [1.54, 1.807) is 0 Å². The van der Waals surface area contributed by atoms with E-state index < -0.39 is 0 Å². The van der Waals surface area contributed by atoms with Crippen molar-refractivity contribution >= 4 is 24.2 Å². The summed E-state index contributed by atoms with van der Waals surface area (Å²) in [4.78, 5) is 11.1. The number of benzene rings is 2. The van der Waals surface area contributed by atoms with Crippen molar-refractivity contribution in [3.63, 3.8) is 0 Å². The zero-order valence-electron chi connectivity index (χ0n) is 9.26. The molecule has 2 nitrogen and oxygen atoms in total. The van der Waals surface area contributed by atoms with Gasteiger partial charge in [-0.1, -0.05) is 42.5 Å². The van der Waals surface area contributed by atoms with E-state index >= 15 is 0 Å². The molecule has 0 fully saturated rings. The number of carbonyl (C=O) groups excluding carboxylic acids is 1. The van der Waals surface area contributed by atoms with E-state index in [1.807, 2.05) is 42.5 Å². The Kier molecular flexibility index (Phi) is 3.83. The standard InChI is InChI=1S/C14H13NOS/c16-14(10-17)15-13-8-6-12(7-9-13)11-4-2-1-3-5-11/h1-9,17H,10H2,(H,15,16). The molecule has 17 heavy (non-hydrogen) atoms. The van der Waals surface area contributed by atoms with Gasteiger partial charge in [-0.05, 0) is 23.3 Å². The second-order valence-corrected chi connectivity index (χ2v) is 3.97. The fraction of sp³-hybridized carbons (Fsp3) is 0.0714. The predicted octanol–water partition coefficient (Wildman–Crippen LogP) is 3.22. The number of amides is 1. The number of carbonyl (C=O) groups is 1.